The van der Waals surface area contributed by atoms with E-state index in [1.165, 1.54) is 0 Å². The van der Waals surface area contributed by atoms with Gasteiger partial charge in [0, 0.05) is 12.5 Å². The summed E-state index contributed by atoms with van der Waals surface area (Å²) < 4.78 is 24.8. The smallest absolute Gasteiger partial charge is 0.242 e. The number of urea groups is 1. The molecule has 0 radical (unpaired) electrons. The largest absolute Gasteiger partial charge is 0.457 e. The van der Waals surface area contributed by atoms with Crippen LogP contribution in [0.5, 0.6) is 0 Å². The summed E-state index contributed by atoms with van der Waals surface area (Å²) in [5, 5.41) is 1.10. The van der Waals surface area contributed by atoms with Crippen molar-refractivity contribution in [3.8, 4) is 0 Å². The topological polar surface area (TPSA) is 77.8 Å². The van der Waals surface area contributed by atoms with Gasteiger partial charge >= 0.3 is 12.1 Å². The molecule has 1 atom stereocenters. The molecule has 2 rings (SSSR count). The van der Waals surface area contributed by atoms with E-state index in [9.17, 15) is 18.0 Å². The Labute approximate surface area is 123 Å². The highest BCUT2D eigenvalue weighted by molar-refractivity contribution is 7.88. The first-order valence-electron chi connectivity index (χ1n) is 6.37. The minimum Gasteiger partial charge on any atom is -0.242 e. The molecule has 1 unspecified atom stereocenters. The molecule has 1 fully saturated rings. The van der Waals surface area contributed by atoms with Crippen molar-refractivity contribution in [3.05, 3.63) is 35.9 Å². The van der Waals surface area contributed by atoms with Gasteiger partial charge in [0.25, 0.3) is 0 Å². The average Bonchev–Trinajstić information content (AvgIpc) is 2.82. The maximum Gasteiger partial charge on any atom is 0.457 e. The molecule has 8 heteroatoms. The van der Waals surface area contributed by atoms with Crippen LogP contribution < -0.4 is 0 Å². The second-order valence-electron chi connectivity index (χ2n) is 4.76. The van der Waals surface area contributed by atoms with Gasteiger partial charge in [0.15, 0.2) is 0 Å². The van der Waals surface area contributed by atoms with Crippen LogP contribution in [-0.4, -0.2) is 53.9 Å². The first-order chi connectivity index (χ1) is 9.86. The second-order valence-corrected chi connectivity index (χ2v) is 6.67. The Balaban J connectivity index is 2.29. The number of hydrogen-bond acceptors (Lipinski definition) is 4. The number of nitrogens with zero attached hydrogens (tertiary/aromatic N) is 3. The van der Waals surface area contributed by atoms with Crippen molar-refractivity contribution in [2.24, 2.45) is 0 Å². The van der Waals surface area contributed by atoms with Crippen molar-refractivity contribution in [1.82, 2.24) is 9.31 Å². The lowest BCUT2D eigenvalue weighted by molar-refractivity contribution is -0.696. The monoisotopic (exact) mass is 310 g/mol. The number of benzene rings is 1. The van der Waals surface area contributed by atoms with Gasteiger partial charge < -0.3 is 0 Å². The zero-order chi connectivity index (χ0) is 15.6. The van der Waals surface area contributed by atoms with Crippen LogP contribution in [0.15, 0.2) is 30.3 Å². The van der Waals surface area contributed by atoms with E-state index in [2.05, 4.69) is 0 Å². The summed E-state index contributed by atoms with van der Waals surface area (Å²) in [4.78, 5) is 23.4. The van der Waals surface area contributed by atoms with Crippen LogP contribution in [0.25, 0.3) is 0 Å². The summed E-state index contributed by atoms with van der Waals surface area (Å²) in [6, 6.07) is 7.98. The number of hydrazine groups is 1. The maximum atomic E-state index is 12.1. The predicted octanol–water partition coefficient (Wildman–Crippen LogP) is 0.708. The van der Waals surface area contributed by atoms with Crippen LogP contribution in [0.3, 0.4) is 0 Å². The van der Waals surface area contributed by atoms with Crippen LogP contribution in [0.1, 0.15) is 18.5 Å². The van der Waals surface area contributed by atoms with Crippen molar-refractivity contribution in [1.29, 1.82) is 0 Å². The molecule has 0 bridgehead atoms. The maximum absolute atomic E-state index is 12.1. The summed E-state index contributed by atoms with van der Waals surface area (Å²) in [6.07, 6.45) is 2.67. The number of hydrogen-bond donors (Lipinski definition) is 0. The zero-order valence-electron chi connectivity index (χ0n) is 11.8. The first kappa shape index (κ1) is 15.2. The van der Waals surface area contributed by atoms with E-state index in [1.54, 1.807) is 13.0 Å². The molecule has 0 aliphatic carbocycles. The zero-order valence-corrected chi connectivity index (χ0v) is 12.6. The van der Waals surface area contributed by atoms with Crippen molar-refractivity contribution in [2.45, 2.75) is 13.0 Å². The lowest BCUT2D eigenvalue weighted by atomic mass is 10.1. The lowest BCUT2D eigenvalue weighted by Crippen LogP contribution is -2.41. The number of carbonyl (C=O) groups excluding carboxylic acids is 2. The fraction of sp³-hybridized carbons (Fsp3) is 0.385. The Morgan fingerprint density at radius 1 is 1.24 bits per heavy atom. The minimum atomic E-state index is -3.63. The van der Waals surface area contributed by atoms with Crippen molar-refractivity contribution in [3.63, 3.8) is 0 Å². The van der Waals surface area contributed by atoms with Gasteiger partial charge in [0.2, 0.25) is 16.1 Å². The first-order valence-corrected chi connectivity index (χ1v) is 8.22. The van der Waals surface area contributed by atoms with E-state index in [-0.39, 0.29) is 13.1 Å². The third-order valence-electron chi connectivity index (χ3n) is 3.35. The summed E-state index contributed by atoms with van der Waals surface area (Å²) in [5.74, 6) is 0. The van der Waals surface area contributed by atoms with Gasteiger partial charge in [-0.3, -0.25) is 0 Å². The molecule has 1 heterocycles. The Morgan fingerprint density at radius 3 is 2.33 bits per heavy atom. The lowest BCUT2D eigenvalue weighted by Gasteiger charge is -2.15. The summed E-state index contributed by atoms with van der Waals surface area (Å²) in [7, 11) is -3.63. The van der Waals surface area contributed by atoms with Crippen LogP contribution in [0, 0.1) is 0 Å². The van der Waals surface area contributed by atoms with Gasteiger partial charge in [-0.25, -0.2) is 17.5 Å². The Kier molecular flexibility index (Phi) is 4.11. The number of carbonyl (C=O) groups is 1. The number of amides is 2. The summed E-state index contributed by atoms with van der Waals surface area (Å²) in [5.41, 5.74) is 0.825. The third kappa shape index (κ3) is 2.96. The van der Waals surface area contributed by atoms with Crippen LogP contribution in [0.4, 0.5) is 4.79 Å². The fourth-order valence-corrected chi connectivity index (χ4v) is 3.01. The Hall–Kier alpha value is -2.18. The third-order valence-corrected chi connectivity index (χ3v) is 4.49. The van der Waals surface area contributed by atoms with Gasteiger partial charge in [-0.1, -0.05) is 35.3 Å². The SMILES string of the molecule is CC(c1ccccc1)[N+](=C=O)N1CCN(S(C)(=O)=O)C1=O. The molecule has 7 nitrogen and oxygen atoms in total. The highest BCUT2D eigenvalue weighted by atomic mass is 32.2. The molecule has 2 amide bonds. The van der Waals surface area contributed by atoms with Gasteiger partial charge in [-0.2, -0.15) is 4.79 Å². The Morgan fingerprint density at radius 2 is 1.86 bits per heavy atom. The van der Waals surface area contributed by atoms with E-state index in [0.29, 0.717) is 0 Å². The van der Waals surface area contributed by atoms with E-state index in [1.807, 2.05) is 30.3 Å². The molecule has 112 valence electrons. The van der Waals surface area contributed by atoms with Gasteiger partial charge in [0.1, 0.15) is 6.54 Å². The standard InChI is InChI=1S/C13H16N3O4S/c1-11(12-6-4-3-5-7-12)15(10-17)14-8-9-16(13(14)18)21(2,19)20/h3-7,11H,8-9H2,1-2H3/q+1. The predicted molar refractivity (Wildman–Crippen MR) is 74.5 cm³/mol. The van der Waals surface area contributed by atoms with Gasteiger partial charge in [0.05, 0.1) is 12.8 Å². The molecule has 1 aromatic carbocycles. The molecular formula is C13H16N3O4S+. The molecule has 21 heavy (non-hydrogen) atoms. The second kappa shape index (κ2) is 5.67. The number of sulfonamides is 1. The molecule has 0 spiro atoms. The van der Waals surface area contributed by atoms with Crippen molar-refractivity contribution in [2.75, 3.05) is 19.3 Å². The number of rotatable bonds is 4. The van der Waals surface area contributed by atoms with Crippen LogP contribution >= 0.6 is 0 Å². The molecule has 1 aromatic rings. The van der Waals surface area contributed by atoms with Crippen LogP contribution in [0.2, 0.25) is 0 Å². The molecule has 1 aliphatic heterocycles. The van der Waals surface area contributed by atoms with Gasteiger partial charge in [-0.15, -0.1) is 0 Å². The molecule has 0 aromatic heterocycles. The number of hydrazone groups is 1. The van der Waals surface area contributed by atoms with Crippen molar-refractivity contribution < 1.29 is 22.7 Å². The van der Waals surface area contributed by atoms with Gasteiger partial charge in [-0.05, 0) is 4.68 Å². The highest BCUT2D eigenvalue weighted by Gasteiger charge is 2.43. The molecule has 1 aliphatic rings. The molecule has 0 saturated carbocycles. The van der Waals surface area contributed by atoms with E-state index in [4.69, 9.17) is 0 Å². The van der Waals surface area contributed by atoms with Crippen LogP contribution in [-0.2, 0) is 14.8 Å². The highest BCUT2D eigenvalue weighted by Crippen LogP contribution is 2.21. The van der Waals surface area contributed by atoms with E-state index >= 15 is 0 Å². The number of isocyanates is 1. The molecular weight excluding hydrogens is 294 g/mol. The fourth-order valence-electron chi connectivity index (χ4n) is 2.22. The average molecular weight is 310 g/mol. The van der Waals surface area contributed by atoms with E-state index in [0.717, 1.165) is 25.8 Å². The molecule has 1 saturated heterocycles. The Bertz CT molecular complexity index is 695. The summed E-state index contributed by atoms with van der Waals surface area (Å²) in [6.45, 7) is 1.90. The minimum absolute atomic E-state index is 0.0252. The van der Waals surface area contributed by atoms with E-state index < -0.39 is 22.1 Å². The van der Waals surface area contributed by atoms with Crippen molar-refractivity contribution >= 4 is 22.1 Å². The normalized spacial score (nSPS) is 16.8. The quantitative estimate of drug-likeness (QED) is 0.466. The molecule has 0 N–H and O–H groups in total. The summed E-state index contributed by atoms with van der Waals surface area (Å²) >= 11 is 0.